The molecule has 1 aliphatic heterocycles. The molecule has 1 amide bonds. The molecular formula is C16H28N2O2. The molecule has 0 bridgehead atoms. The Morgan fingerprint density at radius 2 is 2.00 bits per heavy atom. The zero-order valence-corrected chi connectivity index (χ0v) is 13.5. The van der Waals surface area contributed by atoms with Crippen molar-refractivity contribution in [3.63, 3.8) is 0 Å². The number of nitrogens with one attached hydrogen (secondary N) is 1. The van der Waals surface area contributed by atoms with Crippen LogP contribution in [0.15, 0.2) is 0 Å². The molecule has 114 valence electrons. The van der Waals surface area contributed by atoms with Gasteiger partial charge in [0.25, 0.3) is 0 Å². The van der Waals surface area contributed by atoms with Gasteiger partial charge < -0.3 is 9.64 Å². The fraction of sp³-hybridized carbons (Fsp3) is 0.812. The number of amides is 1. The summed E-state index contributed by atoms with van der Waals surface area (Å²) in [4.78, 5) is 14.1. The van der Waals surface area contributed by atoms with Crippen molar-refractivity contribution < 1.29 is 9.53 Å². The molecule has 0 saturated carbocycles. The third-order valence-electron chi connectivity index (χ3n) is 3.40. The quantitative estimate of drug-likeness (QED) is 0.808. The summed E-state index contributed by atoms with van der Waals surface area (Å²) in [5.41, 5.74) is -0.804. The molecule has 1 atom stereocenters. The monoisotopic (exact) mass is 280 g/mol. The van der Waals surface area contributed by atoms with Crippen LogP contribution < -0.4 is 5.32 Å². The van der Waals surface area contributed by atoms with Gasteiger partial charge in [0.2, 0.25) is 0 Å². The second-order valence-corrected chi connectivity index (χ2v) is 6.97. The molecule has 1 heterocycles. The van der Waals surface area contributed by atoms with Gasteiger partial charge in [-0.25, -0.2) is 4.79 Å². The lowest BCUT2D eigenvalue weighted by Gasteiger charge is -2.38. The first-order chi connectivity index (χ1) is 9.14. The first-order valence-electron chi connectivity index (χ1n) is 7.37. The van der Waals surface area contributed by atoms with Crippen LogP contribution in [-0.4, -0.2) is 41.3 Å². The second kappa shape index (κ2) is 6.49. The Labute approximate surface area is 123 Å². The average molecular weight is 280 g/mol. The molecule has 1 fully saturated rings. The van der Waals surface area contributed by atoms with E-state index in [0.717, 1.165) is 25.8 Å². The molecule has 1 saturated heterocycles. The van der Waals surface area contributed by atoms with Gasteiger partial charge in [-0.15, -0.1) is 6.42 Å². The highest BCUT2D eigenvalue weighted by atomic mass is 16.6. The Kier molecular flexibility index (Phi) is 5.47. The molecule has 1 N–H and O–H groups in total. The molecule has 0 aromatic rings. The van der Waals surface area contributed by atoms with Crippen molar-refractivity contribution in [3.05, 3.63) is 0 Å². The summed E-state index contributed by atoms with van der Waals surface area (Å²) < 4.78 is 5.48. The molecule has 1 unspecified atom stereocenters. The molecule has 4 nitrogen and oxygen atoms in total. The van der Waals surface area contributed by atoms with Gasteiger partial charge in [-0.05, 0) is 53.9 Å². The minimum atomic E-state index is -0.454. The van der Waals surface area contributed by atoms with E-state index < -0.39 is 5.60 Å². The minimum Gasteiger partial charge on any atom is -0.444 e. The zero-order chi connectivity index (χ0) is 15.4. The molecular weight excluding hydrogens is 252 g/mol. The molecule has 0 aliphatic carbocycles. The predicted molar refractivity (Wildman–Crippen MR) is 81.5 cm³/mol. The molecule has 1 aliphatic rings. The van der Waals surface area contributed by atoms with Gasteiger partial charge >= 0.3 is 6.09 Å². The van der Waals surface area contributed by atoms with E-state index >= 15 is 0 Å². The van der Waals surface area contributed by atoms with Crippen LogP contribution >= 0.6 is 0 Å². The lowest BCUT2D eigenvalue weighted by atomic mass is 10.0. The zero-order valence-electron chi connectivity index (χ0n) is 13.5. The van der Waals surface area contributed by atoms with Gasteiger partial charge in [-0.1, -0.05) is 5.92 Å². The van der Waals surface area contributed by atoms with E-state index in [1.165, 1.54) is 0 Å². The van der Waals surface area contributed by atoms with Crippen molar-refractivity contribution in [2.24, 2.45) is 0 Å². The smallest absolute Gasteiger partial charge is 0.410 e. The summed E-state index contributed by atoms with van der Waals surface area (Å²) in [6.07, 6.45) is 8.43. The molecule has 4 heteroatoms. The Hall–Kier alpha value is -1.21. The van der Waals surface area contributed by atoms with E-state index in [1.807, 2.05) is 39.5 Å². The minimum absolute atomic E-state index is 0.159. The summed E-state index contributed by atoms with van der Waals surface area (Å²) >= 11 is 0. The Bertz CT molecular complexity index is 377. The third kappa shape index (κ3) is 5.42. The number of ether oxygens (including phenoxy) is 1. The molecule has 1 rings (SSSR count). The summed E-state index contributed by atoms with van der Waals surface area (Å²) in [6, 6.07) is 0.159. The molecule has 0 aromatic heterocycles. The van der Waals surface area contributed by atoms with Gasteiger partial charge in [0, 0.05) is 19.1 Å². The SMILES string of the molecule is C#CC(C)(C)NCC1CCCCN1C(=O)OC(C)(C)C. The topological polar surface area (TPSA) is 41.6 Å². The third-order valence-corrected chi connectivity index (χ3v) is 3.40. The normalized spacial score (nSPS) is 20.4. The van der Waals surface area contributed by atoms with E-state index in [9.17, 15) is 4.79 Å². The first-order valence-corrected chi connectivity index (χ1v) is 7.37. The summed E-state index contributed by atoms with van der Waals surface area (Å²) in [6.45, 7) is 11.1. The highest BCUT2D eigenvalue weighted by Gasteiger charge is 2.31. The van der Waals surface area contributed by atoms with Crippen LogP contribution in [0.25, 0.3) is 0 Å². The number of nitrogens with zero attached hydrogens (tertiary/aromatic N) is 1. The van der Waals surface area contributed by atoms with Gasteiger partial charge in [-0.3, -0.25) is 5.32 Å². The summed E-state index contributed by atoms with van der Waals surface area (Å²) in [5.74, 6) is 2.72. The maximum Gasteiger partial charge on any atom is 0.410 e. The van der Waals surface area contributed by atoms with E-state index in [-0.39, 0.29) is 17.7 Å². The van der Waals surface area contributed by atoms with E-state index in [1.54, 1.807) is 0 Å². The molecule has 0 radical (unpaired) electrons. The van der Waals surface area contributed by atoms with E-state index in [0.29, 0.717) is 6.54 Å². The van der Waals surface area contributed by atoms with Gasteiger partial charge in [0.05, 0.1) is 5.54 Å². The number of carbonyl (C=O) groups excluding carboxylic acids is 1. The number of piperidine rings is 1. The van der Waals surface area contributed by atoms with Crippen LogP contribution in [0.5, 0.6) is 0 Å². The van der Waals surface area contributed by atoms with Gasteiger partial charge in [0.1, 0.15) is 5.60 Å². The van der Waals surface area contributed by atoms with Crippen LogP contribution in [0.2, 0.25) is 0 Å². The number of carbonyl (C=O) groups is 1. The largest absolute Gasteiger partial charge is 0.444 e. The Balaban J connectivity index is 2.63. The fourth-order valence-electron chi connectivity index (χ4n) is 2.20. The first kappa shape index (κ1) is 16.8. The van der Waals surface area contributed by atoms with Crippen molar-refractivity contribution in [1.82, 2.24) is 10.2 Å². The second-order valence-electron chi connectivity index (χ2n) is 6.97. The van der Waals surface area contributed by atoms with E-state index in [2.05, 4.69) is 11.2 Å². The van der Waals surface area contributed by atoms with Crippen LogP contribution in [0.1, 0.15) is 53.9 Å². The van der Waals surface area contributed by atoms with Crippen LogP contribution in [-0.2, 0) is 4.74 Å². The van der Waals surface area contributed by atoms with Crippen molar-refractivity contribution in [2.75, 3.05) is 13.1 Å². The highest BCUT2D eigenvalue weighted by molar-refractivity contribution is 5.68. The maximum absolute atomic E-state index is 12.3. The van der Waals surface area contributed by atoms with Crippen molar-refractivity contribution in [1.29, 1.82) is 0 Å². The maximum atomic E-state index is 12.3. The molecule has 20 heavy (non-hydrogen) atoms. The van der Waals surface area contributed by atoms with Crippen LogP contribution in [0.4, 0.5) is 4.79 Å². The standard InChI is InChI=1S/C16H28N2O2/c1-7-16(5,6)17-12-13-10-8-9-11-18(13)14(19)20-15(2,3)4/h1,13,17H,8-12H2,2-6H3. The highest BCUT2D eigenvalue weighted by Crippen LogP contribution is 2.20. The van der Waals surface area contributed by atoms with Crippen LogP contribution in [0.3, 0.4) is 0 Å². The lowest BCUT2D eigenvalue weighted by Crippen LogP contribution is -2.53. The summed E-state index contributed by atoms with van der Waals surface area (Å²) in [5, 5.41) is 3.34. The molecule has 0 aromatic carbocycles. The Morgan fingerprint density at radius 3 is 2.55 bits per heavy atom. The predicted octanol–water partition coefficient (Wildman–Crippen LogP) is 2.78. The van der Waals surface area contributed by atoms with Crippen molar-refractivity contribution in [2.45, 2.75) is 71.1 Å². The summed E-state index contributed by atoms with van der Waals surface area (Å²) in [7, 11) is 0. The Morgan fingerprint density at radius 1 is 1.35 bits per heavy atom. The average Bonchev–Trinajstić information content (AvgIpc) is 2.35. The fourth-order valence-corrected chi connectivity index (χ4v) is 2.20. The van der Waals surface area contributed by atoms with Crippen molar-refractivity contribution in [3.8, 4) is 12.3 Å². The lowest BCUT2D eigenvalue weighted by molar-refractivity contribution is 0.00948. The number of hydrogen-bond donors (Lipinski definition) is 1. The van der Waals surface area contributed by atoms with Gasteiger partial charge in [0.15, 0.2) is 0 Å². The number of rotatable bonds is 3. The van der Waals surface area contributed by atoms with Crippen molar-refractivity contribution >= 4 is 6.09 Å². The molecule has 0 spiro atoms. The number of hydrogen-bond acceptors (Lipinski definition) is 3. The number of terminal acetylenes is 1. The van der Waals surface area contributed by atoms with E-state index in [4.69, 9.17) is 11.2 Å². The van der Waals surface area contributed by atoms with Gasteiger partial charge in [-0.2, -0.15) is 0 Å². The van der Waals surface area contributed by atoms with Crippen LogP contribution in [0, 0.1) is 12.3 Å². The number of likely N-dealkylation sites (tertiary alicyclic amines) is 1.